The highest BCUT2D eigenvalue weighted by molar-refractivity contribution is 5.66. The summed E-state index contributed by atoms with van der Waals surface area (Å²) in [6.45, 7) is 5.38. The Morgan fingerprint density at radius 3 is 1.35 bits per heavy atom. The van der Waals surface area contributed by atoms with E-state index in [0.29, 0.717) is 0 Å². The summed E-state index contributed by atoms with van der Waals surface area (Å²) in [4.78, 5) is 10.6. The van der Waals surface area contributed by atoms with Gasteiger partial charge in [0.05, 0.1) is 0 Å². The van der Waals surface area contributed by atoms with Crippen LogP contribution in [0.4, 0.5) is 0 Å². The van der Waals surface area contributed by atoms with E-state index in [1.54, 1.807) is 6.61 Å². The van der Waals surface area contributed by atoms with Gasteiger partial charge in [-0.1, -0.05) is 103 Å². The lowest BCUT2D eigenvalue weighted by Gasteiger charge is -2.03. The van der Waals surface area contributed by atoms with E-state index in [1.165, 1.54) is 103 Å². The molecule has 137 valence electrons. The monoisotopic (exact) mass is 325 g/mol. The summed E-state index contributed by atoms with van der Waals surface area (Å²) in [5, 5.41) is 0. The molecule has 1 radical (unpaired) electrons. The van der Waals surface area contributed by atoms with Crippen molar-refractivity contribution in [1.29, 1.82) is 0 Å². The summed E-state index contributed by atoms with van der Waals surface area (Å²) in [5.41, 5.74) is 0. The zero-order valence-corrected chi connectivity index (χ0v) is 15.9. The minimum absolute atomic E-state index is 0.207. The maximum absolute atomic E-state index is 10.6. The molecule has 0 saturated carbocycles. The minimum Gasteiger partial charge on any atom is -0.459 e. The SMILES string of the molecule is CCCCCCCCCCCCCCCCCC[CH]OC(C)=O. The number of rotatable bonds is 18. The van der Waals surface area contributed by atoms with Crippen molar-refractivity contribution >= 4 is 5.97 Å². The third-order valence-electron chi connectivity index (χ3n) is 4.42. The van der Waals surface area contributed by atoms with Gasteiger partial charge in [-0.05, 0) is 12.8 Å². The molecule has 0 aliphatic heterocycles. The molecule has 0 aromatic rings. The minimum atomic E-state index is -0.207. The van der Waals surface area contributed by atoms with Gasteiger partial charge in [0.25, 0.3) is 0 Å². The maximum atomic E-state index is 10.6. The van der Waals surface area contributed by atoms with Gasteiger partial charge in [0.15, 0.2) is 0 Å². The molecule has 0 bridgehead atoms. The first-order valence-corrected chi connectivity index (χ1v) is 10.3. The van der Waals surface area contributed by atoms with E-state index in [9.17, 15) is 4.79 Å². The Hall–Kier alpha value is -0.530. The Labute approximate surface area is 145 Å². The van der Waals surface area contributed by atoms with Crippen LogP contribution in [0.3, 0.4) is 0 Å². The molecule has 0 saturated heterocycles. The average Bonchev–Trinajstić information content (AvgIpc) is 2.53. The van der Waals surface area contributed by atoms with Crippen LogP contribution in [-0.4, -0.2) is 5.97 Å². The molecule has 0 heterocycles. The molecule has 0 aliphatic rings. The van der Waals surface area contributed by atoms with Crippen LogP contribution in [0.2, 0.25) is 0 Å². The molecule has 0 unspecified atom stereocenters. The molecule has 0 amide bonds. The van der Waals surface area contributed by atoms with Gasteiger partial charge in [-0.3, -0.25) is 4.79 Å². The van der Waals surface area contributed by atoms with Crippen LogP contribution in [-0.2, 0) is 9.53 Å². The van der Waals surface area contributed by atoms with Crippen LogP contribution in [0.25, 0.3) is 0 Å². The van der Waals surface area contributed by atoms with E-state index in [2.05, 4.69) is 6.92 Å². The Balaban J connectivity index is 2.96. The van der Waals surface area contributed by atoms with Crippen molar-refractivity contribution in [3.8, 4) is 0 Å². The third-order valence-corrected chi connectivity index (χ3v) is 4.42. The molecule has 0 fully saturated rings. The lowest BCUT2D eigenvalue weighted by Crippen LogP contribution is -1.94. The van der Waals surface area contributed by atoms with Gasteiger partial charge in [0, 0.05) is 6.92 Å². The van der Waals surface area contributed by atoms with Crippen LogP contribution in [0.15, 0.2) is 0 Å². The Bertz CT molecular complexity index is 238. The number of carbonyl (C=O) groups is 1. The van der Waals surface area contributed by atoms with Gasteiger partial charge < -0.3 is 4.74 Å². The van der Waals surface area contributed by atoms with E-state index in [1.807, 2.05) is 0 Å². The lowest BCUT2D eigenvalue weighted by molar-refractivity contribution is -0.137. The summed E-state index contributed by atoms with van der Waals surface area (Å²) in [5.74, 6) is -0.207. The van der Waals surface area contributed by atoms with Crippen LogP contribution in [0.5, 0.6) is 0 Å². The molecular formula is C21H41O2. The number of hydrogen-bond donors (Lipinski definition) is 0. The molecule has 0 aliphatic carbocycles. The third kappa shape index (κ3) is 21.5. The van der Waals surface area contributed by atoms with Gasteiger partial charge >= 0.3 is 5.97 Å². The van der Waals surface area contributed by atoms with Crippen LogP contribution in [0, 0.1) is 6.61 Å². The Kier molecular flexibility index (Phi) is 19.1. The average molecular weight is 326 g/mol. The number of unbranched alkanes of at least 4 members (excludes halogenated alkanes) is 16. The van der Waals surface area contributed by atoms with Gasteiger partial charge in [-0.25, -0.2) is 0 Å². The van der Waals surface area contributed by atoms with Crippen molar-refractivity contribution in [2.24, 2.45) is 0 Å². The van der Waals surface area contributed by atoms with E-state index in [4.69, 9.17) is 4.74 Å². The van der Waals surface area contributed by atoms with E-state index in [0.717, 1.165) is 12.8 Å². The maximum Gasteiger partial charge on any atom is 0.303 e. The molecular weight excluding hydrogens is 284 g/mol. The first-order valence-electron chi connectivity index (χ1n) is 10.3. The van der Waals surface area contributed by atoms with Crippen molar-refractivity contribution < 1.29 is 9.53 Å². The second-order valence-electron chi connectivity index (χ2n) is 6.87. The van der Waals surface area contributed by atoms with Gasteiger partial charge in [0.1, 0.15) is 6.61 Å². The number of ether oxygens (including phenoxy) is 1. The Morgan fingerprint density at radius 2 is 1.00 bits per heavy atom. The second-order valence-corrected chi connectivity index (χ2v) is 6.87. The van der Waals surface area contributed by atoms with Crippen molar-refractivity contribution in [2.75, 3.05) is 0 Å². The number of carbonyl (C=O) groups excluding carboxylic acids is 1. The molecule has 23 heavy (non-hydrogen) atoms. The fourth-order valence-corrected chi connectivity index (χ4v) is 2.95. The quantitative estimate of drug-likeness (QED) is 0.194. The highest BCUT2D eigenvalue weighted by Gasteiger charge is 1.96. The summed E-state index contributed by atoms with van der Waals surface area (Å²) in [6, 6.07) is 0. The predicted molar refractivity (Wildman–Crippen MR) is 100 cm³/mol. The molecule has 0 aromatic carbocycles. The van der Waals surface area contributed by atoms with Crippen LogP contribution in [0.1, 0.15) is 123 Å². The van der Waals surface area contributed by atoms with E-state index < -0.39 is 0 Å². The highest BCUT2D eigenvalue weighted by atomic mass is 16.5. The molecule has 2 nitrogen and oxygen atoms in total. The fraction of sp³-hybridized carbons (Fsp3) is 0.905. The van der Waals surface area contributed by atoms with Crippen molar-refractivity contribution in [1.82, 2.24) is 0 Å². The van der Waals surface area contributed by atoms with E-state index >= 15 is 0 Å². The van der Waals surface area contributed by atoms with Crippen LogP contribution >= 0.6 is 0 Å². The molecule has 0 rings (SSSR count). The summed E-state index contributed by atoms with van der Waals surface area (Å²) in [7, 11) is 0. The lowest BCUT2D eigenvalue weighted by atomic mass is 10.0. The normalized spacial score (nSPS) is 10.9. The summed E-state index contributed by atoms with van der Waals surface area (Å²) in [6.07, 6.45) is 23.1. The topological polar surface area (TPSA) is 26.3 Å². The second kappa shape index (κ2) is 19.5. The van der Waals surface area contributed by atoms with Gasteiger partial charge in [0.2, 0.25) is 0 Å². The molecule has 2 heteroatoms. The molecule has 0 spiro atoms. The van der Waals surface area contributed by atoms with Gasteiger partial charge in [-0.2, -0.15) is 0 Å². The summed E-state index contributed by atoms with van der Waals surface area (Å²) < 4.78 is 4.80. The van der Waals surface area contributed by atoms with Crippen molar-refractivity contribution in [3.05, 3.63) is 6.61 Å². The van der Waals surface area contributed by atoms with Crippen LogP contribution < -0.4 is 0 Å². The fourth-order valence-electron chi connectivity index (χ4n) is 2.95. The highest BCUT2D eigenvalue weighted by Crippen LogP contribution is 2.14. The van der Waals surface area contributed by atoms with Crippen molar-refractivity contribution in [3.63, 3.8) is 0 Å². The Morgan fingerprint density at radius 1 is 0.652 bits per heavy atom. The van der Waals surface area contributed by atoms with Gasteiger partial charge in [-0.15, -0.1) is 0 Å². The molecule has 0 N–H and O–H groups in total. The first-order chi connectivity index (χ1) is 11.3. The number of hydrogen-bond acceptors (Lipinski definition) is 2. The molecule has 0 atom stereocenters. The number of esters is 1. The zero-order chi connectivity index (χ0) is 17.0. The smallest absolute Gasteiger partial charge is 0.303 e. The summed E-state index contributed by atoms with van der Waals surface area (Å²) >= 11 is 0. The molecule has 0 aromatic heterocycles. The largest absolute Gasteiger partial charge is 0.459 e. The standard InChI is InChI=1S/C21H41O2/c1-3-4-5-6-7-8-9-10-11-12-13-14-15-16-17-18-19-20-23-21(2)22/h20H,3-19H2,1-2H3. The zero-order valence-electron chi connectivity index (χ0n) is 15.9. The van der Waals surface area contributed by atoms with Crippen molar-refractivity contribution in [2.45, 2.75) is 123 Å². The van der Waals surface area contributed by atoms with E-state index in [-0.39, 0.29) is 5.97 Å². The first kappa shape index (κ1) is 22.5. The predicted octanol–water partition coefficient (Wildman–Crippen LogP) is 7.36.